The number of nitrogens with one attached hydrogen (secondary N) is 1. The third-order valence-corrected chi connectivity index (χ3v) is 3.54. The monoisotopic (exact) mass is 187 g/mol. The predicted octanol–water partition coefficient (Wildman–Crippen LogP) is 1.65. The van der Waals surface area contributed by atoms with E-state index in [9.17, 15) is 4.79 Å². The highest BCUT2D eigenvalue weighted by atomic mass is 32.2. The van der Waals surface area contributed by atoms with Gasteiger partial charge in [-0.1, -0.05) is 13.8 Å². The standard InChI is InChI=1S/C9H17NOS/c1-6(2)9(11)10-7-4-5-8(7)12-3/h6-8H,4-5H2,1-3H3,(H,10,11). The minimum atomic E-state index is 0.119. The van der Waals surface area contributed by atoms with E-state index in [4.69, 9.17) is 0 Å². The summed E-state index contributed by atoms with van der Waals surface area (Å²) in [5.74, 6) is 0.312. The molecule has 0 radical (unpaired) electrons. The molecule has 1 N–H and O–H groups in total. The van der Waals surface area contributed by atoms with Crippen molar-refractivity contribution in [2.24, 2.45) is 5.92 Å². The van der Waals surface area contributed by atoms with Gasteiger partial charge < -0.3 is 5.32 Å². The van der Waals surface area contributed by atoms with Gasteiger partial charge in [0.15, 0.2) is 0 Å². The number of rotatable bonds is 3. The molecule has 0 saturated heterocycles. The summed E-state index contributed by atoms with van der Waals surface area (Å²) in [5, 5.41) is 3.72. The summed E-state index contributed by atoms with van der Waals surface area (Å²) in [4.78, 5) is 11.3. The normalized spacial score (nSPS) is 28.3. The molecule has 1 fully saturated rings. The molecule has 1 aliphatic rings. The molecule has 1 aliphatic carbocycles. The number of carbonyl (C=O) groups is 1. The molecule has 70 valence electrons. The Morgan fingerprint density at radius 2 is 2.17 bits per heavy atom. The van der Waals surface area contributed by atoms with Crippen molar-refractivity contribution < 1.29 is 4.79 Å². The highest BCUT2D eigenvalue weighted by molar-refractivity contribution is 7.99. The molecule has 1 rings (SSSR count). The van der Waals surface area contributed by atoms with Crippen molar-refractivity contribution in [3.63, 3.8) is 0 Å². The van der Waals surface area contributed by atoms with Gasteiger partial charge in [-0.2, -0.15) is 11.8 Å². The number of thioether (sulfide) groups is 1. The van der Waals surface area contributed by atoms with E-state index in [1.54, 1.807) is 0 Å². The number of hydrogen-bond acceptors (Lipinski definition) is 2. The SMILES string of the molecule is CSC1CCC1NC(=O)C(C)C. The lowest BCUT2D eigenvalue weighted by Crippen LogP contribution is -2.49. The van der Waals surface area contributed by atoms with Gasteiger partial charge in [-0.3, -0.25) is 4.79 Å². The zero-order chi connectivity index (χ0) is 9.14. The quantitative estimate of drug-likeness (QED) is 0.728. The molecule has 0 aliphatic heterocycles. The van der Waals surface area contributed by atoms with Crippen molar-refractivity contribution in [2.75, 3.05) is 6.26 Å². The molecule has 1 amide bonds. The first-order valence-electron chi connectivity index (χ1n) is 4.48. The van der Waals surface area contributed by atoms with Gasteiger partial charge >= 0.3 is 0 Å². The molecule has 3 heteroatoms. The predicted molar refractivity (Wildman–Crippen MR) is 53.3 cm³/mol. The van der Waals surface area contributed by atoms with E-state index in [1.807, 2.05) is 25.6 Å². The van der Waals surface area contributed by atoms with Crippen LogP contribution in [0.3, 0.4) is 0 Å². The Kier molecular flexibility index (Phi) is 3.44. The summed E-state index contributed by atoms with van der Waals surface area (Å²) in [6.07, 6.45) is 4.52. The summed E-state index contributed by atoms with van der Waals surface area (Å²) < 4.78 is 0. The Morgan fingerprint density at radius 3 is 2.50 bits per heavy atom. The van der Waals surface area contributed by atoms with Gasteiger partial charge in [-0.15, -0.1) is 0 Å². The fraction of sp³-hybridized carbons (Fsp3) is 0.889. The van der Waals surface area contributed by atoms with Crippen LogP contribution in [0, 0.1) is 5.92 Å². The lowest BCUT2D eigenvalue weighted by molar-refractivity contribution is -0.125. The van der Waals surface area contributed by atoms with Crippen LogP contribution in [0.2, 0.25) is 0 Å². The molecule has 0 aromatic rings. The van der Waals surface area contributed by atoms with Crippen LogP contribution in [0.15, 0.2) is 0 Å². The Balaban J connectivity index is 2.27. The molecular weight excluding hydrogens is 170 g/mol. The van der Waals surface area contributed by atoms with E-state index < -0.39 is 0 Å². The number of amides is 1. The van der Waals surface area contributed by atoms with Crippen molar-refractivity contribution in [1.29, 1.82) is 0 Å². The highest BCUT2D eigenvalue weighted by Gasteiger charge is 2.31. The molecule has 0 heterocycles. The van der Waals surface area contributed by atoms with E-state index in [-0.39, 0.29) is 11.8 Å². The van der Waals surface area contributed by atoms with Crippen LogP contribution >= 0.6 is 11.8 Å². The molecule has 2 unspecified atom stereocenters. The zero-order valence-electron chi connectivity index (χ0n) is 7.96. The molecule has 12 heavy (non-hydrogen) atoms. The first kappa shape index (κ1) is 9.90. The third kappa shape index (κ3) is 2.16. The molecule has 0 aromatic carbocycles. The van der Waals surface area contributed by atoms with Gasteiger partial charge in [0.2, 0.25) is 5.91 Å². The summed E-state index contributed by atoms with van der Waals surface area (Å²) in [6.45, 7) is 3.87. The minimum Gasteiger partial charge on any atom is -0.352 e. The van der Waals surface area contributed by atoms with Crippen LogP contribution in [0.5, 0.6) is 0 Å². The Hall–Kier alpha value is -0.180. The fourth-order valence-electron chi connectivity index (χ4n) is 1.27. The van der Waals surface area contributed by atoms with Gasteiger partial charge in [0.05, 0.1) is 0 Å². The van der Waals surface area contributed by atoms with Crippen LogP contribution in [0.1, 0.15) is 26.7 Å². The third-order valence-electron chi connectivity index (χ3n) is 2.37. The number of hydrogen-bond donors (Lipinski definition) is 1. The molecule has 2 atom stereocenters. The zero-order valence-corrected chi connectivity index (χ0v) is 8.78. The molecular formula is C9H17NOS. The van der Waals surface area contributed by atoms with E-state index in [0.29, 0.717) is 11.3 Å². The summed E-state index contributed by atoms with van der Waals surface area (Å²) in [5.41, 5.74) is 0. The largest absolute Gasteiger partial charge is 0.352 e. The van der Waals surface area contributed by atoms with Crippen molar-refractivity contribution in [3.8, 4) is 0 Å². The van der Waals surface area contributed by atoms with E-state index >= 15 is 0 Å². The number of carbonyl (C=O) groups excluding carboxylic acids is 1. The van der Waals surface area contributed by atoms with Crippen molar-refractivity contribution in [2.45, 2.75) is 38.0 Å². The molecule has 0 spiro atoms. The maximum atomic E-state index is 11.3. The van der Waals surface area contributed by atoms with Crippen molar-refractivity contribution in [1.82, 2.24) is 5.32 Å². The van der Waals surface area contributed by atoms with Crippen LogP contribution in [0.4, 0.5) is 0 Å². The van der Waals surface area contributed by atoms with Gasteiger partial charge in [-0.05, 0) is 19.1 Å². The fourth-order valence-corrected chi connectivity index (χ4v) is 2.17. The van der Waals surface area contributed by atoms with Crippen molar-refractivity contribution >= 4 is 17.7 Å². The Morgan fingerprint density at radius 1 is 1.50 bits per heavy atom. The maximum absolute atomic E-state index is 11.3. The Labute approximate surface area is 78.5 Å². The van der Waals surface area contributed by atoms with Gasteiger partial charge in [0.1, 0.15) is 0 Å². The lowest BCUT2D eigenvalue weighted by Gasteiger charge is -2.36. The molecule has 0 bridgehead atoms. The van der Waals surface area contributed by atoms with Crippen molar-refractivity contribution in [3.05, 3.63) is 0 Å². The van der Waals surface area contributed by atoms with E-state index in [0.717, 1.165) is 6.42 Å². The van der Waals surface area contributed by atoms with E-state index in [1.165, 1.54) is 6.42 Å². The molecule has 0 aromatic heterocycles. The summed E-state index contributed by atoms with van der Waals surface area (Å²) in [6, 6.07) is 0.440. The first-order chi connectivity index (χ1) is 5.65. The second-order valence-corrected chi connectivity index (χ2v) is 4.70. The molecule has 2 nitrogen and oxygen atoms in total. The summed E-state index contributed by atoms with van der Waals surface area (Å²) in [7, 11) is 0. The van der Waals surface area contributed by atoms with Crippen LogP contribution in [-0.2, 0) is 4.79 Å². The second-order valence-electron chi connectivity index (χ2n) is 3.62. The van der Waals surface area contributed by atoms with Gasteiger partial charge in [0, 0.05) is 17.2 Å². The minimum absolute atomic E-state index is 0.119. The van der Waals surface area contributed by atoms with Gasteiger partial charge in [0.25, 0.3) is 0 Å². The van der Waals surface area contributed by atoms with E-state index in [2.05, 4.69) is 11.6 Å². The Bertz CT molecular complexity index is 168. The lowest BCUT2D eigenvalue weighted by atomic mass is 9.92. The second kappa shape index (κ2) is 4.17. The van der Waals surface area contributed by atoms with Gasteiger partial charge in [-0.25, -0.2) is 0 Å². The van der Waals surface area contributed by atoms with Crippen LogP contribution in [0.25, 0.3) is 0 Å². The maximum Gasteiger partial charge on any atom is 0.222 e. The molecule has 1 saturated carbocycles. The first-order valence-corrected chi connectivity index (χ1v) is 5.77. The van der Waals surface area contributed by atoms with Crippen LogP contribution in [-0.4, -0.2) is 23.5 Å². The average Bonchev–Trinajstić information content (AvgIpc) is 1.98. The smallest absolute Gasteiger partial charge is 0.222 e. The van der Waals surface area contributed by atoms with Crippen LogP contribution < -0.4 is 5.32 Å². The topological polar surface area (TPSA) is 29.1 Å². The highest BCUT2D eigenvalue weighted by Crippen LogP contribution is 2.30. The average molecular weight is 187 g/mol. The summed E-state index contributed by atoms with van der Waals surface area (Å²) >= 11 is 1.86.